The second-order valence-electron chi connectivity index (χ2n) is 3.23. The SMILES string of the molecule is CCS(=O)(=O)Cc1cn(CCCO)nn1. The summed E-state index contributed by atoms with van der Waals surface area (Å²) in [7, 11) is -3.04. The molecule has 1 N–H and O–H groups in total. The summed E-state index contributed by atoms with van der Waals surface area (Å²) in [4.78, 5) is 0. The standard InChI is InChI=1S/C8H15N3O3S/c1-2-15(13,14)7-8-6-11(10-9-8)4-3-5-12/h6,12H,2-5,7H2,1H3. The van der Waals surface area contributed by atoms with E-state index in [2.05, 4.69) is 10.3 Å². The Morgan fingerprint density at radius 1 is 1.53 bits per heavy atom. The van der Waals surface area contributed by atoms with Gasteiger partial charge in [-0.25, -0.2) is 8.42 Å². The van der Waals surface area contributed by atoms with Crippen molar-refractivity contribution in [2.75, 3.05) is 12.4 Å². The zero-order valence-corrected chi connectivity index (χ0v) is 9.44. The predicted octanol–water partition coefficient (Wildman–Crippen LogP) is -0.405. The molecule has 0 aliphatic heterocycles. The summed E-state index contributed by atoms with van der Waals surface area (Å²) in [5.41, 5.74) is 0.454. The number of hydrogen-bond donors (Lipinski definition) is 1. The van der Waals surface area contributed by atoms with E-state index in [0.717, 1.165) is 0 Å². The molecule has 1 aromatic heterocycles. The zero-order chi connectivity index (χ0) is 11.3. The highest BCUT2D eigenvalue weighted by atomic mass is 32.2. The molecule has 0 bridgehead atoms. The van der Waals surface area contributed by atoms with Gasteiger partial charge in [-0.15, -0.1) is 5.10 Å². The van der Waals surface area contributed by atoms with E-state index in [1.165, 1.54) is 4.68 Å². The Balaban J connectivity index is 2.60. The van der Waals surface area contributed by atoms with Gasteiger partial charge in [-0.05, 0) is 6.42 Å². The number of rotatable bonds is 6. The van der Waals surface area contributed by atoms with Gasteiger partial charge in [0.05, 0.1) is 11.4 Å². The van der Waals surface area contributed by atoms with Crippen LogP contribution in [0.25, 0.3) is 0 Å². The second-order valence-corrected chi connectivity index (χ2v) is 5.58. The smallest absolute Gasteiger partial charge is 0.155 e. The maximum atomic E-state index is 11.3. The zero-order valence-electron chi connectivity index (χ0n) is 8.63. The van der Waals surface area contributed by atoms with Gasteiger partial charge in [-0.1, -0.05) is 12.1 Å². The van der Waals surface area contributed by atoms with Crippen molar-refractivity contribution >= 4 is 9.84 Å². The van der Waals surface area contributed by atoms with Crippen molar-refractivity contribution in [1.82, 2.24) is 15.0 Å². The van der Waals surface area contributed by atoms with Gasteiger partial charge in [0, 0.05) is 25.1 Å². The van der Waals surface area contributed by atoms with E-state index < -0.39 is 9.84 Å². The lowest BCUT2D eigenvalue weighted by Crippen LogP contribution is -2.06. The molecule has 86 valence electrons. The van der Waals surface area contributed by atoms with Crippen LogP contribution < -0.4 is 0 Å². The minimum atomic E-state index is -3.04. The van der Waals surface area contributed by atoms with Crippen LogP contribution in [0.2, 0.25) is 0 Å². The summed E-state index contributed by atoms with van der Waals surface area (Å²) < 4.78 is 24.1. The molecule has 1 heterocycles. The largest absolute Gasteiger partial charge is 0.396 e. The van der Waals surface area contributed by atoms with Crippen molar-refractivity contribution in [3.63, 3.8) is 0 Å². The average Bonchev–Trinajstić information content (AvgIpc) is 2.62. The first kappa shape index (κ1) is 12.1. The lowest BCUT2D eigenvalue weighted by Gasteiger charge is -1.96. The van der Waals surface area contributed by atoms with Gasteiger partial charge in [0.2, 0.25) is 0 Å². The Hall–Kier alpha value is -0.950. The number of sulfone groups is 1. The molecule has 15 heavy (non-hydrogen) atoms. The maximum Gasteiger partial charge on any atom is 0.155 e. The van der Waals surface area contributed by atoms with Crippen LogP contribution in [0.15, 0.2) is 6.20 Å². The van der Waals surface area contributed by atoms with E-state index in [9.17, 15) is 8.42 Å². The molecule has 0 aromatic carbocycles. The minimum Gasteiger partial charge on any atom is -0.396 e. The molecular formula is C8H15N3O3S. The molecular weight excluding hydrogens is 218 g/mol. The first-order chi connectivity index (χ1) is 7.07. The lowest BCUT2D eigenvalue weighted by molar-refractivity contribution is 0.276. The third-order valence-corrected chi connectivity index (χ3v) is 3.55. The van der Waals surface area contributed by atoms with Gasteiger partial charge in [0.1, 0.15) is 0 Å². The fourth-order valence-electron chi connectivity index (χ4n) is 1.07. The summed E-state index contributed by atoms with van der Waals surface area (Å²) >= 11 is 0. The molecule has 0 aliphatic rings. The number of aliphatic hydroxyl groups is 1. The molecule has 0 unspecified atom stereocenters. The normalized spacial score (nSPS) is 11.9. The van der Waals surface area contributed by atoms with Gasteiger partial charge in [-0.2, -0.15) is 0 Å². The summed E-state index contributed by atoms with van der Waals surface area (Å²) in [5.74, 6) is 0.0408. The molecule has 0 aliphatic carbocycles. The average molecular weight is 233 g/mol. The summed E-state index contributed by atoms with van der Waals surface area (Å²) in [6.07, 6.45) is 2.19. The fourth-order valence-corrected chi connectivity index (χ4v) is 1.86. The van der Waals surface area contributed by atoms with Crippen molar-refractivity contribution in [2.24, 2.45) is 0 Å². The molecule has 0 saturated carbocycles. The van der Waals surface area contributed by atoms with Crippen LogP contribution in [-0.2, 0) is 22.1 Å². The number of aliphatic hydroxyl groups excluding tert-OH is 1. The highest BCUT2D eigenvalue weighted by molar-refractivity contribution is 7.90. The molecule has 6 nitrogen and oxygen atoms in total. The third-order valence-electron chi connectivity index (χ3n) is 1.94. The molecule has 1 rings (SSSR count). The monoisotopic (exact) mass is 233 g/mol. The van der Waals surface area contributed by atoms with Gasteiger partial charge >= 0.3 is 0 Å². The van der Waals surface area contributed by atoms with E-state index in [1.54, 1.807) is 13.1 Å². The van der Waals surface area contributed by atoms with Crippen LogP contribution >= 0.6 is 0 Å². The maximum absolute atomic E-state index is 11.3. The van der Waals surface area contributed by atoms with Crippen LogP contribution in [0.5, 0.6) is 0 Å². The van der Waals surface area contributed by atoms with E-state index in [1.807, 2.05) is 0 Å². The summed E-state index contributed by atoms with van der Waals surface area (Å²) in [6.45, 7) is 2.24. The minimum absolute atomic E-state index is 0.0668. The van der Waals surface area contributed by atoms with Crippen LogP contribution in [0.1, 0.15) is 19.0 Å². The number of aromatic nitrogens is 3. The van der Waals surface area contributed by atoms with Crippen LogP contribution in [0.4, 0.5) is 0 Å². The van der Waals surface area contributed by atoms with Crippen molar-refractivity contribution in [1.29, 1.82) is 0 Å². The molecule has 7 heteroatoms. The Kier molecular flexibility index (Phi) is 4.22. The first-order valence-electron chi connectivity index (χ1n) is 4.77. The number of aryl methyl sites for hydroxylation is 1. The lowest BCUT2D eigenvalue weighted by atomic mass is 10.4. The molecule has 0 spiro atoms. The van der Waals surface area contributed by atoms with Crippen molar-refractivity contribution < 1.29 is 13.5 Å². The van der Waals surface area contributed by atoms with E-state index in [-0.39, 0.29) is 18.1 Å². The van der Waals surface area contributed by atoms with Gasteiger partial charge in [0.15, 0.2) is 9.84 Å². The summed E-state index contributed by atoms with van der Waals surface area (Å²) in [5, 5.41) is 16.1. The summed E-state index contributed by atoms with van der Waals surface area (Å²) in [6, 6.07) is 0. The number of nitrogens with zero attached hydrogens (tertiary/aromatic N) is 3. The van der Waals surface area contributed by atoms with Crippen LogP contribution in [0, 0.1) is 0 Å². The number of hydrogen-bond acceptors (Lipinski definition) is 5. The van der Waals surface area contributed by atoms with Crippen LogP contribution in [0.3, 0.4) is 0 Å². The van der Waals surface area contributed by atoms with E-state index in [4.69, 9.17) is 5.11 Å². The van der Waals surface area contributed by atoms with Gasteiger partial charge in [-0.3, -0.25) is 4.68 Å². The Bertz CT molecular complexity index is 399. The molecule has 0 fully saturated rings. The topological polar surface area (TPSA) is 85.1 Å². The first-order valence-corrected chi connectivity index (χ1v) is 6.60. The molecule has 0 amide bonds. The van der Waals surface area contributed by atoms with Gasteiger partial charge < -0.3 is 5.11 Å². The molecule has 0 saturated heterocycles. The third kappa shape index (κ3) is 3.96. The van der Waals surface area contributed by atoms with Crippen LogP contribution in [-0.4, -0.2) is 40.9 Å². The van der Waals surface area contributed by atoms with Gasteiger partial charge in [0.25, 0.3) is 0 Å². The second kappa shape index (κ2) is 5.22. The Morgan fingerprint density at radius 3 is 2.87 bits per heavy atom. The molecule has 0 atom stereocenters. The fraction of sp³-hybridized carbons (Fsp3) is 0.750. The molecule has 0 radical (unpaired) electrons. The quantitative estimate of drug-likeness (QED) is 0.722. The highest BCUT2D eigenvalue weighted by Gasteiger charge is 2.11. The van der Waals surface area contributed by atoms with Crippen molar-refractivity contribution in [2.45, 2.75) is 25.6 Å². The molecule has 1 aromatic rings. The van der Waals surface area contributed by atoms with E-state index in [0.29, 0.717) is 18.7 Å². The Morgan fingerprint density at radius 2 is 2.27 bits per heavy atom. The Labute approximate surface area is 88.8 Å². The van der Waals surface area contributed by atoms with Crippen molar-refractivity contribution in [3.8, 4) is 0 Å². The highest BCUT2D eigenvalue weighted by Crippen LogP contribution is 2.02. The van der Waals surface area contributed by atoms with E-state index >= 15 is 0 Å². The van der Waals surface area contributed by atoms with Crippen molar-refractivity contribution in [3.05, 3.63) is 11.9 Å². The predicted molar refractivity (Wildman–Crippen MR) is 54.9 cm³/mol.